The molecule has 0 aliphatic rings. The second-order valence-corrected chi connectivity index (χ2v) is 3.04. The standard InChI is InChI=1S/C10H8F3NO3/c1-2-5-17-9-4-3-7(14(15)16)6-8(9)10(11,12)13/h2-4,6H,1,5H2. The molecular formula is C10H8F3NO3. The number of nitro groups is 1. The molecule has 0 aliphatic carbocycles. The van der Waals surface area contributed by atoms with Crippen LogP contribution in [0.1, 0.15) is 5.56 Å². The Hall–Kier alpha value is -2.05. The Morgan fingerprint density at radius 2 is 2.12 bits per heavy atom. The minimum absolute atomic E-state index is 0.110. The Labute approximate surface area is 94.5 Å². The third-order valence-electron chi connectivity index (χ3n) is 1.84. The summed E-state index contributed by atoms with van der Waals surface area (Å²) >= 11 is 0. The molecular weight excluding hydrogens is 239 g/mol. The van der Waals surface area contributed by atoms with Crippen LogP contribution in [-0.4, -0.2) is 11.5 Å². The van der Waals surface area contributed by atoms with Crippen LogP contribution in [0.3, 0.4) is 0 Å². The van der Waals surface area contributed by atoms with Gasteiger partial charge in [0.15, 0.2) is 0 Å². The van der Waals surface area contributed by atoms with Gasteiger partial charge in [0.2, 0.25) is 0 Å². The van der Waals surface area contributed by atoms with E-state index in [1.54, 1.807) is 0 Å². The number of alkyl halides is 3. The van der Waals surface area contributed by atoms with Crippen molar-refractivity contribution in [3.63, 3.8) is 0 Å². The summed E-state index contributed by atoms with van der Waals surface area (Å²) < 4.78 is 42.6. The first-order valence-electron chi connectivity index (χ1n) is 4.45. The Bertz CT molecular complexity index is 443. The molecule has 0 aromatic heterocycles. The van der Waals surface area contributed by atoms with Crippen LogP contribution in [0.2, 0.25) is 0 Å². The minimum Gasteiger partial charge on any atom is -0.489 e. The Morgan fingerprint density at radius 1 is 1.47 bits per heavy atom. The second kappa shape index (κ2) is 4.86. The van der Waals surface area contributed by atoms with E-state index in [0.717, 1.165) is 12.1 Å². The lowest BCUT2D eigenvalue weighted by molar-refractivity contribution is -0.385. The number of ether oxygens (including phenoxy) is 1. The number of hydrogen-bond acceptors (Lipinski definition) is 3. The molecule has 0 bridgehead atoms. The van der Waals surface area contributed by atoms with Gasteiger partial charge in [-0.15, -0.1) is 0 Å². The third-order valence-corrected chi connectivity index (χ3v) is 1.84. The van der Waals surface area contributed by atoms with Crippen molar-refractivity contribution in [2.45, 2.75) is 6.18 Å². The van der Waals surface area contributed by atoms with Gasteiger partial charge < -0.3 is 4.74 Å². The highest BCUT2D eigenvalue weighted by Crippen LogP contribution is 2.38. The fourth-order valence-electron chi connectivity index (χ4n) is 1.13. The molecule has 0 unspecified atom stereocenters. The van der Waals surface area contributed by atoms with Crippen molar-refractivity contribution >= 4 is 5.69 Å². The van der Waals surface area contributed by atoms with Crippen molar-refractivity contribution in [1.82, 2.24) is 0 Å². The molecule has 0 atom stereocenters. The lowest BCUT2D eigenvalue weighted by Crippen LogP contribution is -2.09. The molecule has 0 saturated heterocycles. The summed E-state index contributed by atoms with van der Waals surface area (Å²) in [6.45, 7) is 3.19. The topological polar surface area (TPSA) is 52.4 Å². The molecule has 0 radical (unpaired) electrons. The Morgan fingerprint density at radius 3 is 2.59 bits per heavy atom. The molecule has 1 aromatic carbocycles. The normalized spacial score (nSPS) is 11.0. The number of rotatable bonds is 4. The van der Waals surface area contributed by atoms with E-state index in [-0.39, 0.29) is 6.61 Å². The number of halogens is 3. The van der Waals surface area contributed by atoms with Crippen LogP contribution >= 0.6 is 0 Å². The summed E-state index contributed by atoms with van der Waals surface area (Å²) in [5.74, 6) is -0.456. The third kappa shape index (κ3) is 3.20. The zero-order valence-electron chi connectivity index (χ0n) is 8.53. The molecule has 0 heterocycles. The summed E-state index contributed by atoms with van der Waals surface area (Å²) in [5.41, 5.74) is -1.81. The van der Waals surface area contributed by atoms with Crippen LogP contribution in [0.25, 0.3) is 0 Å². The van der Waals surface area contributed by atoms with Crippen LogP contribution in [0, 0.1) is 10.1 Å². The summed E-state index contributed by atoms with van der Waals surface area (Å²) in [7, 11) is 0. The van der Waals surface area contributed by atoms with Gasteiger partial charge in [-0.3, -0.25) is 10.1 Å². The van der Waals surface area contributed by atoms with Crippen molar-refractivity contribution < 1.29 is 22.8 Å². The average Bonchev–Trinajstić information content (AvgIpc) is 2.24. The SMILES string of the molecule is C=CCOc1ccc([N+](=O)[O-])cc1C(F)(F)F. The van der Waals surface area contributed by atoms with E-state index in [1.807, 2.05) is 0 Å². The van der Waals surface area contributed by atoms with Crippen LogP contribution in [0.5, 0.6) is 5.75 Å². The van der Waals surface area contributed by atoms with Gasteiger partial charge in [0.1, 0.15) is 17.9 Å². The van der Waals surface area contributed by atoms with E-state index < -0.39 is 28.1 Å². The smallest absolute Gasteiger partial charge is 0.420 e. The summed E-state index contributed by atoms with van der Waals surface area (Å²) in [6, 6.07) is 2.32. The monoisotopic (exact) mass is 247 g/mol. The molecule has 0 amide bonds. The molecule has 4 nitrogen and oxygen atoms in total. The fraction of sp³-hybridized carbons (Fsp3) is 0.200. The largest absolute Gasteiger partial charge is 0.489 e. The molecule has 7 heteroatoms. The first kappa shape index (κ1) is 13.0. The average molecular weight is 247 g/mol. The lowest BCUT2D eigenvalue weighted by Gasteiger charge is -2.12. The van der Waals surface area contributed by atoms with Gasteiger partial charge in [0.05, 0.1) is 4.92 Å². The zero-order chi connectivity index (χ0) is 13.1. The molecule has 17 heavy (non-hydrogen) atoms. The van der Waals surface area contributed by atoms with Crippen LogP contribution in [0.4, 0.5) is 18.9 Å². The van der Waals surface area contributed by atoms with Gasteiger partial charge >= 0.3 is 6.18 Å². The van der Waals surface area contributed by atoms with Crippen molar-refractivity contribution in [1.29, 1.82) is 0 Å². The molecule has 0 N–H and O–H groups in total. The maximum atomic E-state index is 12.6. The van der Waals surface area contributed by atoms with E-state index in [4.69, 9.17) is 4.74 Å². The highest BCUT2D eigenvalue weighted by Gasteiger charge is 2.36. The van der Waals surface area contributed by atoms with Gasteiger partial charge in [0.25, 0.3) is 5.69 Å². The minimum atomic E-state index is -4.71. The van der Waals surface area contributed by atoms with E-state index in [1.165, 1.54) is 6.08 Å². The van der Waals surface area contributed by atoms with Crippen molar-refractivity contribution in [3.05, 3.63) is 46.5 Å². The molecule has 0 fully saturated rings. The number of non-ortho nitro benzene ring substituents is 1. The van der Waals surface area contributed by atoms with Gasteiger partial charge in [0, 0.05) is 12.1 Å². The van der Waals surface area contributed by atoms with E-state index >= 15 is 0 Å². The molecule has 0 spiro atoms. The zero-order valence-corrected chi connectivity index (χ0v) is 8.53. The fourth-order valence-corrected chi connectivity index (χ4v) is 1.13. The van der Waals surface area contributed by atoms with Gasteiger partial charge in [-0.25, -0.2) is 0 Å². The van der Waals surface area contributed by atoms with Crippen LogP contribution in [0.15, 0.2) is 30.9 Å². The number of hydrogen-bond donors (Lipinski definition) is 0. The van der Waals surface area contributed by atoms with Gasteiger partial charge in [-0.05, 0) is 6.07 Å². The number of benzene rings is 1. The molecule has 0 saturated carbocycles. The molecule has 92 valence electrons. The maximum Gasteiger partial charge on any atom is 0.420 e. The van der Waals surface area contributed by atoms with E-state index in [0.29, 0.717) is 6.07 Å². The first-order chi connectivity index (χ1) is 7.86. The second-order valence-electron chi connectivity index (χ2n) is 3.04. The molecule has 1 aromatic rings. The highest BCUT2D eigenvalue weighted by molar-refractivity contribution is 5.45. The molecule has 0 aliphatic heterocycles. The van der Waals surface area contributed by atoms with E-state index in [9.17, 15) is 23.3 Å². The number of nitro benzene ring substituents is 1. The lowest BCUT2D eigenvalue weighted by atomic mass is 10.1. The quantitative estimate of drug-likeness (QED) is 0.466. The maximum absolute atomic E-state index is 12.6. The Kier molecular flexibility index (Phi) is 3.72. The predicted octanol–water partition coefficient (Wildman–Crippen LogP) is 3.18. The van der Waals surface area contributed by atoms with E-state index in [2.05, 4.69) is 6.58 Å². The summed E-state index contributed by atoms with van der Waals surface area (Å²) in [6.07, 6.45) is -3.43. The molecule has 1 rings (SSSR count). The van der Waals surface area contributed by atoms with Gasteiger partial charge in [-0.1, -0.05) is 12.7 Å². The predicted molar refractivity (Wildman–Crippen MR) is 53.8 cm³/mol. The van der Waals surface area contributed by atoms with Crippen LogP contribution in [-0.2, 0) is 6.18 Å². The highest BCUT2D eigenvalue weighted by atomic mass is 19.4. The van der Waals surface area contributed by atoms with Crippen molar-refractivity contribution in [2.24, 2.45) is 0 Å². The summed E-state index contributed by atoms with van der Waals surface area (Å²) in [4.78, 5) is 9.49. The summed E-state index contributed by atoms with van der Waals surface area (Å²) in [5, 5.41) is 10.4. The van der Waals surface area contributed by atoms with Crippen molar-refractivity contribution in [2.75, 3.05) is 6.61 Å². The first-order valence-corrected chi connectivity index (χ1v) is 4.45. The van der Waals surface area contributed by atoms with Crippen molar-refractivity contribution in [3.8, 4) is 5.75 Å². The van der Waals surface area contributed by atoms with Gasteiger partial charge in [-0.2, -0.15) is 13.2 Å². The number of nitrogens with zero attached hydrogens (tertiary/aromatic N) is 1. The Balaban J connectivity index is 3.21. The van der Waals surface area contributed by atoms with Crippen LogP contribution < -0.4 is 4.74 Å².